The molecule has 24 heavy (non-hydrogen) atoms. The molecule has 3 heterocycles. The van der Waals surface area contributed by atoms with Gasteiger partial charge in [0.05, 0.1) is 12.1 Å². The summed E-state index contributed by atoms with van der Waals surface area (Å²) in [6, 6.07) is 4.02. The molecule has 2 aromatic rings. The summed E-state index contributed by atoms with van der Waals surface area (Å²) in [5, 5.41) is 6.85. The maximum absolute atomic E-state index is 12.2. The summed E-state index contributed by atoms with van der Waals surface area (Å²) in [5.41, 5.74) is 2.72. The third kappa shape index (κ3) is 3.93. The van der Waals surface area contributed by atoms with E-state index in [1.165, 1.54) is 19.3 Å². The van der Waals surface area contributed by atoms with Crippen LogP contribution in [0.25, 0.3) is 0 Å². The van der Waals surface area contributed by atoms with Crippen LogP contribution in [0.5, 0.6) is 0 Å². The van der Waals surface area contributed by atoms with Gasteiger partial charge in [0.1, 0.15) is 11.6 Å². The molecule has 0 saturated carbocycles. The van der Waals surface area contributed by atoms with Crippen molar-refractivity contribution < 1.29 is 9.32 Å². The average molecular weight is 328 g/mol. The predicted molar refractivity (Wildman–Crippen MR) is 91.8 cm³/mol. The number of hydrogen-bond acceptors (Lipinski definition) is 5. The van der Waals surface area contributed by atoms with Crippen LogP contribution < -0.4 is 10.2 Å². The summed E-state index contributed by atoms with van der Waals surface area (Å²) in [6.07, 6.45) is 5.86. The standard InChI is InChI=1S/C18H24N4O2/c1-13-16(14(2)24-21-13)11-18(23)20-12-15-6-7-19-17(10-15)22-8-4-3-5-9-22/h6-7,10H,3-5,8-9,11-12H2,1-2H3,(H,20,23). The molecule has 0 atom stereocenters. The number of pyridine rings is 1. The van der Waals surface area contributed by atoms with Gasteiger partial charge in [-0.2, -0.15) is 0 Å². The maximum atomic E-state index is 12.2. The fourth-order valence-corrected chi connectivity index (χ4v) is 3.04. The van der Waals surface area contributed by atoms with E-state index in [4.69, 9.17) is 4.52 Å². The lowest BCUT2D eigenvalue weighted by Gasteiger charge is -2.27. The quantitative estimate of drug-likeness (QED) is 0.913. The number of nitrogens with one attached hydrogen (secondary N) is 1. The number of piperidine rings is 1. The molecule has 6 nitrogen and oxygen atoms in total. The molecule has 0 radical (unpaired) electrons. The largest absolute Gasteiger partial charge is 0.361 e. The van der Waals surface area contributed by atoms with Gasteiger partial charge in [0.25, 0.3) is 0 Å². The smallest absolute Gasteiger partial charge is 0.224 e. The van der Waals surface area contributed by atoms with Gasteiger partial charge in [-0.05, 0) is 50.8 Å². The second kappa shape index (κ2) is 7.47. The highest BCUT2D eigenvalue weighted by Gasteiger charge is 2.14. The number of nitrogens with zero attached hydrogens (tertiary/aromatic N) is 3. The number of amides is 1. The van der Waals surface area contributed by atoms with Gasteiger partial charge in [0.15, 0.2) is 0 Å². The van der Waals surface area contributed by atoms with E-state index in [1.807, 2.05) is 26.1 Å². The number of hydrogen-bond donors (Lipinski definition) is 1. The van der Waals surface area contributed by atoms with E-state index in [2.05, 4.69) is 26.4 Å². The van der Waals surface area contributed by atoms with Crippen molar-refractivity contribution in [3.8, 4) is 0 Å². The van der Waals surface area contributed by atoms with Crippen molar-refractivity contribution in [3.05, 3.63) is 40.9 Å². The van der Waals surface area contributed by atoms with E-state index in [-0.39, 0.29) is 5.91 Å². The van der Waals surface area contributed by atoms with Gasteiger partial charge < -0.3 is 14.7 Å². The van der Waals surface area contributed by atoms with E-state index >= 15 is 0 Å². The van der Waals surface area contributed by atoms with E-state index in [9.17, 15) is 4.79 Å². The van der Waals surface area contributed by atoms with E-state index in [1.54, 1.807) is 0 Å². The zero-order chi connectivity index (χ0) is 16.9. The first-order chi connectivity index (χ1) is 11.6. The highest BCUT2D eigenvalue weighted by atomic mass is 16.5. The summed E-state index contributed by atoms with van der Waals surface area (Å²) in [4.78, 5) is 19.0. The monoisotopic (exact) mass is 328 g/mol. The lowest BCUT2D eigenvalue weighted by atomic mass is 10.1. The third-order valence-electron chi connectivity index (χ3n) is 4.50. The number of aromatic nitrogens is 2. The van der Waals surface area contributed by atoms with Gasteiger partial charge in [-0.3, -0.25) is 4.79 Å². The van der Waals surface area contributed by atoms with Crippen LogP contribution >= 0.6 is 0 Å². The lowest BCUT2D eigenvalue weighted by Crippen LogP contribution is -2.30. The Balaban J connectivity index is 1.57. The molecule has 1 aliphatic heterocycles. The maximum Gasteiger partial charge on any atom is 0.224 e. The lowest BCUT2D eigenvalue weighted by molar-refractivity contribution is -0.120. The van der Waals surface area contributed by atoms with Crippen LogP contribution in [0.4, 0.5) is 5.82 Å². The predicted octanol–water partition coefficient (Wildman–Crippen LogP) is 2.54. The fourth-order valence-electron chi connectivity index (χ4n) is 3.04. The number of rotatable bonds is 5. The first-order valence-corrected chi connectivity index (χ1v) is 8.52. The fraction of sp³-hybridized carbons (Fsp3) is 0.500. The zero-order valence-corrected chi connectivity index (χ0v) is 14.3. The molecule has 0 aromatic carbocycles. The SMILES string of the molecule is Cc1noc(C)c1CC(=O)NCc1ccnc(N2CCCCC2)c1. The molecule has 0 spiro atoms. The molecule has 6 heteroatoms. The van der Waals surface area contributed by atoms with Crippen molar-refractivity contribution in [1.82, 2.24) is 15.5 Å². The Morgan fingerprint density at radius 1 is 1.29 bits per heavy atom. The van der Waals surface area contributed by atoms with Gasteiger partial charge in [-0.1, -0.05) is 5.16 Å². The molecule has 0 unspecified atom stereocenters. The number of aryl methyl sites for hydroxylation is 2. The summed E-state index contributed by atoms with van der Waals surface area (Å²) in [6.45, 7) is 6.32. The molecular formula is C18H24N4O2. The van der Waals surface area contributed by atoms with Gasteiger partial charge in [-0.15, -0.1) is 0 Å². The molecule has 1 fully saturated rings. The topological polar surface area (TPSA) is 71.3 Å². The molecule has 1 aliphatic rings. The first kappa shape index (κ1) is 16.5. The molecule has 128 valence electrons. The highest BCUT2D eigenvalue weighted by molar-refractivity contribution is 5.79. The first-order valence-electron chi connectivity index (χ1n) is 8.52. The molecule has 3 rings (SSSR count). The molecule has 1 N–H and O–H groups in total. The number of carbonyl (C=O) groups is 1. The van der Waals surface area contributed by atoms with Gasteiger partial charge in [0.2, 0.25) is 5.91 Å². The second-order valence-corrected chi connectivity index (χ2v) is 6.33. The van der Waals surface area contributed by atoms with Crippen LogP contribution in [0.3, 0.4) is 0 Å². The van der Waals surface area contributed by atoms with Crippen molar-refractivity contribution in [1.29, 1.82) is 0 Å². The Morgan fingerprint density at radius 3 is 2.79 bits per heavy atom. The van der Waals surface area contributed by atoms with Crippen LogP contribution in [0, 0.1) is 13.8 Å². The van der Waals surface area contributed by atoms with Crippen LogP contribution in [-0.4, -0.2) is 29.1 Å². The Hall–Kier alpha value is -2.37. The van der Waals surface area contributed by atoms with Crippen molar-refractivity contribution in [3.63, 3.8) is 0 Å². The Morgan fingerprint density at radius 2 is 2.08 bits per heavy atom. The minimum absolute atomic E-state index is 0.0271. The minimum atomic E-state index is -0.0271. The number of carbonyl (C=O) groups excluding carboxylic acids is 1. The minimum Gasteiger partial charge on any atom is -0.361 e. The van der Waals surface area contributed by atoms with Crippen LogP contribution in [0.1, 0.15) is 41.8 Å². The van der Waals surface area contributed by atoms with Crippen molar-refractivity contribution >= 4 is 11.7 Å². The summed E-state index contributed by atoms with van der Waals surface area (Å²) in [7, 11) is 0. The van der Waals surface area contributed by atoms with E-state index in [0.717, 1.165) is 35.7 Å². The van der Waals surface area contributed by atoms with E-state index in [0.29, 0.717) is 18.7 Å². The highest BCUT2D eigenvalue weighted by Crippen LogP contribution is 2.18. The van der Waals surface area contributed by atoms with Gasteiger partial charge in [-0.25, -0.2) is 4.98 Å². The molecular weight excluding hydrogens is 304 g/mol. The van der Waals surface area contributed by atoms with Gasteiger partial charge in [0, 0.05) is 31.4 Å². The Bertz CT molecular complexity index is 685. The number of anilines is 1. The summed E-state index contributed by atoms with van der Waals surface area (Å²) in [5.74, 6) is 1.69. The third-order valence-corrected chi connectivity index (χ3v) is 4.50. The van der Waals surface area contributed by atoms with Crippen LogP contribution in [0.15, 0.2) is 22.9 Å². The molecule has 2 aromatic heterocycles. The Labute approximate surface area is 142 Å². The van der Waals surface area contributed by atoms with Crippen molar-refractivity contribution in [2.24, 2.45) is 0 Å². The van der Waals surface area contributed by atoms with Crippen LogP contribution in [-0.2, 0) is 17.8 Å². The van der Waals surface area contributed by atoms with Gasteiger partial charge >= 0.3 is 0 Å². The molecule has 0 bridgehead atoms. The normalized spacial score (nSPS) is 14.7. The van der Waals surface area contributed by atoms with Crippen molar-refractivity contribution in [2.45, 2.75) is 46.1 Å². The Kier molecular flexibility index (Phi) is 5.13. The molecule has 1 saturated heterocycles. The van der Waals surface area contributed by atoms with E-state index < -0.39 is 0 Å². The van der Waals surface area contributed by atoms with Crippen LogP contribution in [0.2, 0.25) is 0 Å². The molecule has 1 amide bonds. The summed E-state index contributed by atoms with van der Waals surface area (Å²) >= 11 is 0. The molecule has 0 aliphatic carbocycles. The van der Waals surface area contributed by atoms with Crippen molar-refractivity contribution in [2.75, 3.05) is 18.0 Å². The second-order valence-electron chi connectivity index (χ2n) is 6.33. The zero-order valence-electron chi connectivity index (χ0n) is 14.3. The average Bonchev–Trinajstić information content (AvgIpc) is 2.93. The summed E-state index contributed by atoms with van der Waals surface area (Å²) < 4.78 is 5.10.